The molecule has 0 spiro atoms. The molecule has 2 rings (SSSR count). The number of amides is 2. The van der Waals surface area contributed by atoms with Crippen LogP contribution in [-0.2, 0) is 9.53 Å². The summed E-state index contributed by atoms with van der Waals surface area (Å²) in [5, 5.41) is 10.2. The lowest BCUT2D eigenvalue weighted by atomic mass is 9.86. The maximum Gasteiger partial charge on any atom is 0.410 e. The quantitative estimate of drug-likeness (QED) is 0.720. The van der Waals surface area contributed by atoms with E-state index < -0.39 is 29.4 Å². The molecule has 0 radical (unpaired) electrons. The monoisotopic (exact) mass is 409 g/mol. The highest BCUT2D eigenvalue weighted by atomic mass is 19.1. The van der Waals surface area contributed by atoms with Crippen LogP contribution in [0.4, 0.5) is 13.6 Å². The normalized spacial score (nSPS) is 20.7. The molecule has 0 bridgehead atoms. The number of ether oxygens (including phenoxy) is 1. The van der Waals surface area contributed by atoms with Crippen molar-refractivity contribution in [1.82, 2.24) is 10.2 Å². The summed E-state index contributed by atoms with van der Waals surface area (Å²) in [6.45, 7) is 8.06. The molecule has 1 aliphatic rings. The molecular weight excluding hydrogens is 380 g/mol. The van der Waals surface area contributed by atoms with E-state index in [9.17, 15) is 18.4 Å². The van der Waals surface area contributed by atoms with Gasteiger partial charge in [0.25, 0.3) is 0 Å². The predicted molar refractivity (Wildman–Crippen MR) is 106 cm³/mol. The van der Waals surface area contributed by atoms with Crippen LogP contribution in [0.5, 0.6) is 0 Å². The van der Waals surface area contributed by atoms with E-state index in [1.165, 1.54) is 0 Å². The average Bonchev–Trinajstić information content (AvgIpc) is 2.58. The van der Waals surface area contributed by atoms with E-state index in [1.807, 2.05) is 6.92 Å². The number of piperidine rings is 1. The molecule has 6 nitrogen and oxygen atoms in total. The highest BCUT2D eigenvalue weighted by Crippen LogP contribution is 2.27. The van der Waals surface area contributed by atoms with Gasteiger partial charge in [0.1, 0.15) is 17.2 Å². The molecule has 0 aliphatic carbocycles. The summed E-state index contributed by atoms with van der Waals surface area (Å²) in [5.41, 5.74) is -0.312. The van der Waals surface area contributed by atoms with E-state index in [0.29, 0.717) is 19.5 Å². The van der Waals surface area contributed by atoms with Crippen molar-refractivity contribution >= 4 is 18.2 Å². The second kappa shape index (κ2) is 9.33. The van der Waals surface area contributed by atoms with Gasteiger partial charge >= 0.3 is 6.09 Å². The van der Waals surface area contributed by atoms with E-state index in [4.69, 9.17) is 10.1 Å². The van der Waals surface area contributed by atoms with Crippen LogP contribution in [-0.4, -0.2) is 41.8 Å². The first kappa shape index (κ1) is 22.8. The number of rotatable bonds is 5. The molecule has 29 heavy (non-hydrogen) atoms. The van der Waals surface area contributed by atoms with Gasteiger partial charge in [-0.15, -0.1) is 0 Å². The van der Waals surface area contributed by atoms with Crippen LogP contribution in [0.2, 0.25) is 0 Å². The van der Waals surface area contributed by atoms with Crippen molar-refractivity contribution in [2.24, 2.45) is 11.8 Å². The van der Waals surface area contributed by atoms with Gasteiger partial charge in [-0.3, -0.25) is 4.79 Å². The molecule has 1 aromatic carbocycles. The SMILES string of the molecule is CC1CN(C(=O)OC(C)(C)C)CCC1C(=O)NC(CC=N)c1cc(F)cc(F)c1. The van der Waals surface area contributed by atoms with Gasteiger partial charge in [-0.2, -0.15) is 0 Å². The van der Waals surface area contributed by atoms with Crippen LogP contribution >= 0.6 is 0 Å². The summed E-state index contributed by atoms with van der Waals surface area (Å²) in [6, 6.07) is 2.39. The highest BCUT2D eigenvalue weighted by molar-refractivity contribution is 5.80. The van der Waals surface area contributed by atoms with Crippen molar-refractivity contribution < 1.29 is 23.1 Å². The summed E-state index contributed by atoms with van der Waals surface area (Å²) in [6.07, 6.45) is 1.28. The number of carbonyl (C=O) groups excluding carboxylic acids is 2. The molecule has 1 heterocycles. The molecule has 3 unspecified atom stereocenters. The standard InChI is InChI=1S/C21H29F2N3O3/c1-13-12-26(20(28)29-21(2,3)4)8-6-17(13)19(27)25-18(5-7-24)14-9-15(22)11-16(23)10-14/h7,9-11,13,17-18,24H,5-6,8,12H2,1-4H3,(H,25,27). The number of halogens is 2. The van der Waals surface area contributed by atoms with Crippen molar-refractivity contribution in [2.75, 3.05) is 13.1 Å². The van der Waals surface area contributed by atoms with E-state index >= 15 is 0 Å². The molecule has 1 fully saturated rings. The van der Waals surface area contributed by atoms with Gasteiger partial charge in [0, 0.05) is 31.5 Å². The first-order chi connectivity index (χ1) is 13.5. The van der Waals surface area contributed by atoms with E-state index in [1.54, 1.807) is 25.7 Å². The highest BCUT2D eigenvalue weighted by Gasteiger charge is 2.35. The zero-order valence-corrected chi connectivity index (χ0v) is 17.3. The molecular formula is C21H29F2N3O3. The molecule has 8 heteroatoms. The van der Waals surface area contributed by atoms with Crippen molar-refractivity contribution in [3.05, 3.63) is 35.4 Å². The second-order valence-corrected chi connectivity index (χ2v) is 8.50. The summed E-state index contributed by atoms with van der Waals surface area (Å²) < 4.78 is 32.5. The summed E-state index contributed by atoms with van der Waals surface area (Å²) in [5.74, 6) is -2.18. The van der Waals surface area contributed by atoms with Crippen LogP contribution in [0.1, 0.15) is 52.1 Å². The summed E-state index contributed by atoms with van der Waals surface area (Å²) in [7, 11) is 0. The van der Waals surface area contributed by atoms with Crippen molar-refractivity contribution in [3.8, 4) is 0 Å². The Labute approximate surface area is 170 Å². The van der Waals surface area contributed by atoms with Gasteiger partial charge in [-0.25, -0.2) is 13.6 Å². The first-order valence-corrected chi connectivity index (χ1v) is 9.73. The Bertz CT molecular complexity index is 744. The third-order valence-corrected chi connectivity index (χ3v) is 4.85. The molecule has 1 aliphatic heterocycles. The fraction of sp³-hybridized carbons (Fsp3) is 0.571. The minimum Gasteiger partial charge on any atom is -0.444 e. The largest absolute Gasteiger partial charge is 0.444 e. The molecule has 1 aromatic rings. The molecule has 2 N–H and O–H groups in total. The fourth-order valence-corrected chi connectivity index (χ4v) is 3.48. The maximum atomic E-state index is 13.6. The van der Waals surface area contributed by atoms with E-state index in [2.05, 4.69) is 5.32 Å². The third-order valence-electron chi connectivity index (χ3n) is 4.85. The second-order valence-electron chi connectivity index (χ2n) is 8.50. The van der Waals surface area contributed by atoms with Crippen LogP contribution < -0.4 is 5.32 Å². The molecule has 160 valence electrons. The fourth-order valence-electron chi connectivity index (χ4n) is 3.48. The number of hydrogen-bond donors (Lipinski definition) is 2. The van der Waals surface area contributed by atoms with E-state index in [0.717, 1.165) is 24.4 Å². The van der Waals surface area contributed by atoms with Crippen molar-refractivity contribution in [3.63, 3.8) is 0 Å². The summed E-state index contributed by atoms with van der Waals surface area (Å²) in [4.78, 5) is 26.7. The third kappa shape index (κ3) is 6.51. The molecule has 2 amide bonds. The zero-order chi connectivity index (χ0) is 21.8. The number of hydrogen-bond acceptors (Lipinski definition) is 4. The topological polar surface area (TPSA) is 82.5 Å². The lowest BCUT2D eigenvalue weighted by molar-refractivity contribution is -0.129. The Morgan fingerprint density at radius 1 is 1.31 bits per heavy atom. The van der Waals surface area contributed by atoms with Gasteiger partial charge in [-0.1, -0.05) is 6.92 Å². The van der Waals surface area contributed by atoms with Gasteiger partial charge in [0.15, 0.2) is 0 Å². The Hall–Kier alpha value is -2.51. The predicted octanol–water partition coefficient (Wildman–Crippen LogP) is 4.05. The number of benzene rings is 1. The Balaban J connectivity index is 2.04. The first-order valence-electron chi connectivity index (χ1n) is 9.73. The Morgan fingerprint density at radius 2 is 1.93 bits per heavy atom. The molecule has 0 aromatic heterocycles. The summed E-state index contributed by atoms with van der Waals surface area (Å²) >= 11 is 0. The lowest BCUT2D eigenvalue weighted by Gasteiger charge is -2.37. The Kier molecular flexibility index (Phi) is 7.32. The smallest absolute Gasteiger partial charge is 0.410 e. The van der Waals surface area contributed by atoms with Crippen LogP contribution in [0, 0.1) is 28.9 Å². The van der Waals surface area contributed by atoms with Gasteiger partial charge < -0.3 is 20.4 Å². The minimum absolute atomic E-state index is 0.110. The number of carbonyl (C=O) groups is 2. The molecule has 1 saturated heterocycles. The van der Waals surface area contributed by atoms with Crippen molar-refractivity contribution in [2.45, 2.75) is 52.2 Å². The molecule has 0 saturated carbocycles. The van der Waals surface area contributed by atoms with Crippen LogP contribution in [0.15, 0.2) is 18.2 Å². The number of nitrogens with zero attached hydrogens (tertiary/aromatic N) is 1. The average molecular weight is 409 g/mol. The lowest BCUT2D eigenvalue weighted by Crippen LogP contribution is -2.49. The maximum absolute atomic E-state index is 13.6. The van der Waals surface area contributed by atoms with Gasteiger partial charge in [0.05, 0.1) is 6.04 Å². The number of nitrogens with one attached hydrogen (secondary N) is 2. The van der Waals surface area contributed by atoms with Crippen LogP contribution in [0.25, 0.3) is 0 Å². The zero-order valence-electron chi connectivity index (χ0n) is 17.3. The number of likely N-dealkylation sites (tertiary alicyclic amines) is 1. The van der Waals surface area contributed by atoms with Crippen LogP contribution in [0.3, 0.4) is 0 Å². The van der Waals surface area contributed by atoms with E-state index in [-0.39, 0.29) is 29.7 Å². The van der Waals surface area contributed by atoms with Crippen molar-refractivity contribution in [1.29, 1.82) is 5.41 Å². The molecule has 3 atom stereocenters. The Morgan fingerprint density at radius 3 is 2.45 bits per heavy atom. The minimum atomic E-state index is -0.733. The van der Waals surface area contributed by atoms with Gasteiger partial charge in [0.2, 0.25) is 5.91 Å². The van der Waals surface area contributed by atoms with Gasteiger partial charge in [-0.05, 0) is 57.0 Å².